The largest absolute Gasteiger partial charge is 0.493 e. The number of hydrogen-bond donors (Lipinski definition) is 1. The van der Waals surface area contributed by atoms with Crippen molar-refractivity contribution in [1.29, 1.82) is 0 Å². The summed E-state index contributed by atoms with van der Waals surface area (Å²) in [6, 6.07) is 5.14. The minimum Gasteiger partial charge on any atom is -0.493 e. The van der Waals surface area contributed by atoms with Gasteiger partial charge in [-0.05, 0) is 23.8 Å². The number of benzene rings is 1. The molecule has 0 aliphatic carbocycles. The molecule has 1 atom stereocenters. The van der Waals surface area contributed by atoms with E-state index in [0.29, 0.717) is 16.5 Å². The Balaban J connectivity index is 2.46. The Morgan fingerprint density at radius 3 is 2.58 bits per heavy atom. The molecule has 0 spiro atoms. The van der Waals surface area contributed by atoms with E-state index in [1.54, 1.807) is 31.2 Å². The van der Waals surface area contributed by atoms with Crippen molar-refractivity contribution in [3.8, 4) is 11.5 Å². The number of methoxy groups -OCH3 is 2. The summed E-state index contributed by atoms with van der Waals surface area (Å²) in [5.41, 5.74) is 7.96. The van der Waals surface area contributed by atoms with Gasteiger partial charge < -0.3 is 15.2 Å². The number of rotatable bonds is 4. The zero-order valence-corrected chi connectivity index (χ0v) is 11.8. The van der Waals surface area contributed by atoms with Crippen LogP contribution in [0.4, 0.5) is 0 Å². The first-order valence-corrected chi connectivity index (χ1v) is 6.11. The van der Waals surface area contributed by atoms with Crippen molar-refractivity contribution in [3.63, 3.8) is 0 Å². The lowest BCUT2D eigenvalue weighted by Gasteiger charge is -2.16. The van der Waals surface area contributed by atoms with E-state index in [0.717, 1.165) is 11.3 Å². The Morgan fingerprint density at radius 2 is 2.05 bits per heavy atom. The van der Waals surface area contributed by atoms with Gasteiger partial charge in [-0.25, -0.2) is 0 Å². The van der Waals surface area contributed by atoms with E-state index in [9.17, 15) is 0 Å². The van der Waals surface area contributed by atoms with Crippen molar-refractivity contribution in [1.82, 2.24) is 9.78 Å². The highest BCUT2D eigenvalue weighted by atomic mass is 35.5. The van der Waals surface area contributed by atoms with E-state index < -0.39 is 0 Å². The monoisotopic (exact) mass is 281 g/mol. The molecule has 1 aromatic carbocycles. The van der Waals surface area contributed by atoms with Crippen molar-refractivity contribution in [3.05, 3.63) is 40.7 Å². The fourth-order valence-electron chi connectivity index (χ4n) is 1.98. The summed E-state index contributed by atoms with van der Waals surface area (Å²) in [5.74, 6) is 1.06. The highest BCUT2D eigenvalue weighted by Gasteiger charge is 2.17. The van der Waals surface area contributed by atoms with Gasteiger partial charge in [0.05, 0.1) is 31.0 Å². The first-order chi connectivity index (χ1) is 9.08. The fourth-order valence-corrected chi connectivity index (χ4v) is 2.27. The maximum Gasteiger partial charge on any atom is 0.179 e. The molecular weight excluding hydrogens is 266 g/mol. The van der Waals surface area contributed by atoms with E-state index in [1.165, 1.54) is 0 Å². The minimum absolute atomic E-state index is 0.329. The molecule has 0 bridgehead atoms. The molecule has 0 fully saturated rings. The van der Waals surface area contributed by atoms with Crippen LogP contribution in [-0.2, 0) is 7.05 Å². The van der Waals surface area contributed by atoms with Gasteiger partial charge in [-0.3, -0.25) is 4.68 Å². The van der Waals surface area contributed by atoms with Gasteiger partial charge in [-0.15, -0.1) is 0 Å². The van der Waals surface area contributed by atoms with Gasteiger partial charge in [0.25, 0.3) is 0 Å². The Kier molecular flexibility index (Phi) is 3.97. The van der Waals surface area contributed by atoms with Crippen LogP contribution in [-0.4, -0.2) is 24.0 Å². The van der Waals surface area contributed by atoms with Crippen LogP contribution in [0.15, 0.2) is 24.4 Å². The average molecular weight is 282 g/mol. The van der Waals surface area contributed by atoms with E-state index in [4.69, 9.17) is 26.8 Å². The van der Waals surface area contributed by atoms with Gasteiger partial charge in [0, 0.05) is 13.2 Å². The van der Waals surface area contributed by atoms with Crippen LogP contribution in [0.5, 0.6) is 11.5 Å². The maximum absolute atomic E-state index is 6.23. The first-order valence-electron chi connectivity index (χ1n) is 5.73. The summed E-state index contributed by atoms with van der Waals surface area (Å²) in [7, 11) is 4.95. The van der Waals surface area contributed by atoms with Crippen LogP contribution < -0.4 is 15.2 Å². The third-order valence-electron chi connectivity index (χ3n) is 2.99. The van der Waals surface area contributed by atoms with Crippen molar-refractivity contribution in [2.45, 2.75) is 6.04 Å². The third kappa shape index (κ3) is 2.52. The lowest BCUT2D eigenvalue weighted by molar-refractivity contribution is 0.354. The third-order valence-corrected chi connectivity index (χ3v) is 3.27. The molecule has 1 aromatic heterocycles. The van der Waals surface area contributed by atoms with E-state index >= 15 is 0 Å². The van der Waals surface area contributed by atoms with Gasteiger partial charge in [0.1, 0.15) is 0 Å². The molecule has 2 aromatic rings. The molecule has 19 heavy (non-hydrogen) atoms. The second-order valence-electron chi connectivity index (χ2n) is 4.10. The normalized spacial score (nSPS) is 12.3. The predicted molar refractivity (Wildman–Crippen MR) is 73.8 cm³/mol. The van der Waals surface area contributed by atoms with E-state index in [2.05, 4.69) is 5.10 Å². The zero-order chi connectivity index (χ0) is 14.0. The minimum atomic E-state index is -0.329. The summed E-state index contributed by atoms with van der Waals surface area (Å²) >= 11 is 6.18. The van der Waals surface area contributed by atoms with Gasteiger partial charge in [-0.1, -0.05) is 11.6 Å². The molecule has 0 radical (unpaired) electrons. The molecule has 2 N–H and O–H groups in total. The fraction of sp³-hybridized carbons (Fsp3) is 0.308. The van der Waals surface area contributed by atoms with Gasteiger partial charge in [-0.2, -0.15) is 5.10 Å². The van der Waals surface area contributed by atoms with Gasteiger partial charge in [0.2, 0.25) is 0 Å². The smallest absolute Gasteiger partial charge is 0.179 e. The van der Waals surface area contributed by atoms with Crippen LogP contribution in [0.25, 0.3) is 0 Å². The summed E-state index contributed by atoms with van der Waals surface area (Å²) in [4.78, 5) is 0. The van der Waals surface area contributed by atoms with Crippen LogP contribution in [0, 0.1) is 0 Å². The number of nitrogens with two attached hydrogens (primary N) is 1. The molecule has 0 aliphatic rings. The summed E-state index contributed by atoms with van der Waals surface area (Å²) in [6.45, 7) is 0. The Labute approximate surface area is 116 Å². The average Bonchev–Trinajstić information content (AvgIpc) is 2.83. The molecule has 0 amide bonds. The number of aromatic nitrogens is 2. The Hall–Kier alpha value is -1.72. The first kappa shape index (κ1) is 13.7. The molecule has 0 aliphatic heterocycles. The highest BCUT2D eigenvalue weighted by molar-refractivity contribution is 6.32. The molecule has 0 saturated carbocycles. The van der Waals surface area contributed by atoms with Crippen molar-refractivity contribution < 1.29 is 9.47 Å². The van der Waals surface area contributed by atoms with E-state index in [1.807, 2.05) is 19.2 Å². The lowest BCUT2D eigenvalue weighted by atomic mass is 10.0. The molecule has 1 unspecified atom stereocenters. The number of ether oxygens (including phenoxy) is 2. The summed E-state index contributed by atoms with van der Waals surface area (Å²) < 4.78 is 12.2. The number of aryl methyl sites for hydroxylation is 1. The maximum atomic E-state index is 6.23. The summed E-state index contributed by atoms with van der Waals surface area (Å²) in [6.07, 6.45) is 1.71. The van der Waals surface area contributed by atoms with Crippen molar-refractivity contribution in [2.24, 2.45) is 12.8 Å². The van der Waals surface area contributed by atoms with Crippen LogP contribution in [0.2, 0.25) is 5.02 Å². The second kappa shape index (κ2) is 5.50. The molecule has 0 saturated heterocycles. The lowest BCUT2D eigenvalue weighted by Crippen LogP contribution is -2.16. The topological polar surface area (TPSA) is 62.3 Å². The molecule has 1 heterocycles. The molecule has 102 valence electrons. The number of hydrogen-bond acceptors (Lipinski definition) is 4. The van der Waals surface area contributed by atoms with Gasteiger partial charge >= 0.3 is 0 Å². The summed E-state index contributed by atoms with van der Waals surface area (Å²) in [5, 5.41) is 4.58. The van der Waals surface area contributed by atoms with Crippen molar-refractivity contribution >= 4 is 11.6 Å². The molecule has 5 nitrogen and oxygen atoms in total. The zero-order valence-electron chi connectivity index (χ0n) is 11.1. The quantitative estimate of drug-likeness (QED) is 0.933. The number of nitrogens with zero attached hydrogens (tertiary/aromatic N) is 2. The second-order valence-corrected chi connectivity index (χ2v) is 4.50. The molecular formula is C13H16ClN3O2. The van der Waals surface area contributed by atoms with Gasteiger partial charge in [0.15, 0.2) is 11.5 Å². The Morgan fingerprint density at radius 1 is 1.32 bits per heavy atom. The number of halogens is 1. The molecule has 2 rings (SSSR count). The van der Waals surface area contributed by atoms with E-state index in [-0.39, 0.29) is 6.04 Å². The van der Waals surface area contributed by atoms with Crippen LogP contribution >= 0.6 is 11.6 Å². The molecule has 6 heteroatoms. The standard InChI is InChI=1S/C13H16ClN3O2/c1-17-10(4-5-16-17)12(15)8-6-9(14)13(19-3)11(7-8)18-2/h4-7,12H,15H2,1-3H3. The SMILES string of the molecule is COc1cc(C(N)c2ccnn2C)cc(Cl)c1OC. The van der Waals surface area contributed by atoms with Crippen molar-refractivity contribution in [2.75, 3.05) is 14.2 Å². The van der Waals surface area contributed by atoms with Crippen LogP contribution in [0.1, 0.15) is 17.3 Å². The Bertz CT molecular complexity index is 583. The van der Waals surface area contributed by atoms with Crippen LogP contribution in [0.3, 0.4) is 0 Å². The highest BCUT2D eigenvalue weighted by Crippen LogP contribution is 2.38. The predicted octanol–water partition coefficient (Wildman–Crippen LogP) is 2.14.